The van der Waals surface area contributed by atoms with Gasteiger partial charge in [-0.15, -0.1) is 0 Å². The van der Waals surface area contributed by atoms with Gasteiger partial charge in [-0.3, -0.25) is 4.68 Å². The Morgan fingerprint density at radius 2 is 1.65 bits per heavy atom. The molecule has 140 valence electrons. The van der Waals surface area contributed by atoms with Gasteiger partial charge in [0.1, 0.15) is 4.90 Å². The first kappa shape index (κ1) is 17.5. The van der Waals surface area contributed by atoms with Crippen molar-refractivity contribution in [3.63, 3.8) is 0 Å². The number of anilines is 1. The van der Waals surface area contributed by atoms with E-state index in [1.54, 1.807) is 17.4 Å². The molecule has 2 aliphatic rings. The van der Waals surface area contributed by atoms with Crippen LogP contribution in [-0.2, 0) is 10.0 Å². The molecule has 4 rings (SSSR count). The number of para-hydroxylation sites is 1. The fraction of sp³-hybridized carbons (Fsp3) is 0.526. The molecule has 0 spiro atoms. The van der Waals surface area contributed by atoms with E-state index in [0.29, 0.717) is 42.8 Å². The maximum Gasteiger partial charge on any atom is 0.246 e. The molecule has 7 heteroatoms. The number of hydrogen-bond donors (Lipinski definition) is 0. The number of benzene rings is 1. The second kappa shape index (κ2) is 7.04. The van der Waals surface area contributed by atoms with Gasteiger partial charge in [0.15, 0.2) is 0 Å². The van der Waals surface area contributed by atoms with E-state index in [1.165, 1.54) is 12.8 Å². The van der Waals surface area contributed by atoms with Crippen molar-refractivity contribution in [3.05, 3.63) is 42.2 Å². The molecule has 0 bridgehead atoms. The number of piperazine rings is 1. The average Bonchev–Trinajstić information content (AvgIpc) is 3.32. The van der Waals surface area contributed by atoms with Crippen molar-refractivity contribution in [1.82, 2.24) is 14.1 Å². The van der Waals surface area contributed by atoms with Crippen LogP contribution in [0, 0.1) is 6.92 Å². The van der Waals surface area contributed by atoms with Gasteiger partial charge in [-0.2, -0.15) is 9.40 Å². The van der Waals surface area contributed by atoms with Gasteiger partial charge in [0.25, 0.3) is 0 Å². The first-order valence-corrected chi connectivity index (χ1v) is 10.9. The molecule has 1 saturated carbocycles. The normalized spacial score (nSPS) is 20.0. The molecule has 2 heterocycles. The number of aryl methyl sites for hydroxylation is 1. The molecule has 0 radical (unpaired) electrons. The summed E-state index contributed by atoms with van der Waals surface area (Å²) in [4.78, 5) is 2.61. The van der Waals surface area contributed by atoms with Crippen LogP contribution < -0.4 is 4.90 Å². The average molecular weight is 375 g/mol. The Hall–Kier alpha value is -1.86. The maximum atomic E-state index is 13.1. The van der Waals surface area contributed by atoms with E-state index in [-0.39, 0.29) is 0 Å². The molecule has 1 saturated heterocycles. The number of nitrogens with zero attached hydrogens (tertiary/aromatic N) is 4. The Kier molecular flexibility index (Phi) is 4.75. The lowest BCUT2D eigenvalue weighted by Gasteiger charge is -2.35. The molecule has 1 aromatic heterocycles. The summed E-state index contributed by atoms with van der Waals surface area (Å²) >= 11 is 0. The lowest BCUT2D eigenvalue weighted by atomic mass is 10.2. The van der Waals surface area contributed by atoms with E-state index in [0.717, 1.165) is 18.5 Å². The standard InChI is InChI=1S/C19H26N4O2S/c1-16-19(15-23(20-16)18-9-5-6-10-18)26(24,25)22-13-11-21(12-14-22)17-7-3-2-4-8-17/h2-4,7-8,15,18H,5-6,9-14H2,1H3. The summed E-state index contributed by atoms with van der Waals surface area (Å²) in [6, 6.07) is 10.5. The lowest BCUT2D eigenvalue weighted by molar-refractivity contribution is 0.384. The zero-order chi connectivity index (χ0) is 18.1. The predicted octanol–water partition coefficient (Wildman–Crippen LogP) is 2.82. The minimum absolute atomic E-state index is 0.354. The molecule has 1 aliphatic heterocycles. The fourth-order valence-corrected chi connectivity index (χ4v) is 5.62. The van der Waals surface area contributed by atoms with E-state index in [2.05, 4.69) is 22.1 Å². The van der Waals surface area contributed by atoms with E-state index in [9.17, 15) is 8.42 Å². The maximum absolute atomic E-state index is 13.1. The smallest absolute Gasteiger partial charge is 0.246 e. The number of aromatic nitrogens is 2. The van der Waals surface area contributed by atoms with Crippen LogP contribution in [0.1, 0.15) is 37.4 Å². The Morgan fingerprint density at radius 3 is 2.31 bits per heavy atom. The third-order valence-corrected chi connectivity index (χ3v) is 7.55. The third-order valence-electron chi connectivity index (χ3n) is 5.55. The highest BCUT2D eigenvalue weighted by molar-refractivity contribution is 7.89. The molecule has 0 atom stereocenters. The molecule has 1 aliphatic carbocycles. The Morgan fingerprint density at radius 1 is 1.00 bits per heavy atom. The van der Waals surface area contributed by atoms with Crippen molar-refractivity contribution < 1.29 is 8.42 Å². The monoisotopic (exact) mass is 374 g/mol. The van der Waals surface area contributed by atoms with Gasteiger partial charge in [0, 0.05) is 38.1 Å². The molecule has 26 heavy (non-hydrogen) atoms. The van der Waals surface area contributed by atoms with Crippen LogP contribution in [0.5, 0.6) is 0 Å². The van der Waals surface area contributed by atoms with E-state index in [4.69, 9.17) is 0 Å². The van der Waals surface area contributed by atoms with Gasteiger partial charge < -0.3 is 4.90 Å². The second-order valence-corrected chi connectivity index (χ2v) is 9.13. The molecular formula is C19H26N4O2S. The summed E-state index contributed by atoms with van der Waals surface area (Å²) in [5.74, 6) is 0. The highest BCUT2D eigenvalue weighted by Gasteiger charge is 2.32. The van der Waals surface area contributed by atoms with Crippen molar-refractivity contribution in [2.24, 2.45) is 0 Å². The van der Waals surface area contributed by atoms with Gasteiger partial charge in [-0.1, -0.05) is 31.0 Å². The predicted molar refractivity (Wildman–Crippen MR) is 102 cm³/mol. The molecular weight excluding hydrogens is 348 g/mol. The summed E-state index contributed by atoms with van der Waals surface area (Å²) < 4.78 is 29.8. The van der Waals surface area contributed by atoms with Crippen LogP contribution in [0.4, 0.5) is 5.69 Å². The lowest BCUT2D eigenvalue weighted by Crippen LogP contribution is -2.48. The number of rotatable bonds is 4. The van der Waals surface area contributed by atoms with Gasteiger partial charge in [-0.05, 0) is 31.9 Å². The van der Waals surface area contributed by atoms with Gasteiger partial charge in [0.05, 0.1) is 11.7 Å². The largest absolute Gasteiger partial charge is 0.369 e. The van der Waals surface area contributed by atoms with Crippen LogP contribution in [0.3, 0.4) is 0 Å². The first-order chi connectivity index (χ1) is 12.6. The Labute approximate surface area is 155 Å². The first-order valence-electron chi connectivity index (χ1n) is 9.41. The van der Waals surface area contributed by atoms with E-state index >= 15 is 0 Å². The molecule has 0 amide bonds. The molecule has 6 nitrogen and oxygen atoms in total. The number of sulfonamides is 1. The van der Waals surface area contributed by atoms with E-state index in [1.807, 2.05) is 22.9 Å². The minimum atomic E-state index is -3.48. The van der Waals surface area contributed by atoms with Crippen LogP contribution in [0.15, 0.2) is 41.4 Å². The van der Waals surface area contributed by atoms with Crippen molar-refractivity contribution in [3.8, 4) is 0 Å². The van der Waals surface area contributed by atoms with Crippen molar-refractivity contribution >= 4 is 15.7 Å². The van der Waals surface area contributed by atoms with Crippen molar-refractivity contribution in [2.75, 3.05) is 31.1 Å². The summed E-state index contributed by atoms with van der Waals surface area (Å²) in [5, 5.41) is 4.52. The van der Waals surface area contributed by atoms with Gasteiger partial charge in [-0.25, -0.2) is 8.42 Å². The van der Waals surface area contributed by atoms with Crippen molar-refractivity contribution in [1.29, 1.82) is 0 Å². The third kappa shape index (κ3) is 3.25. The van der Waals surface area contributed by atoms with Crippen LogP contribution >= 0.6 is 0 Å². The van der Waals surface area contributed by atoms with Crippen LogP contribution in [0.2, 0.25) is 0 Å². The van der Waals surface area contributed by atoms with Gasteiger partial charge in [0.2, 0.25) is 10.0 Å². The quantitative estimate of drug-likeness (QED) is 0.826. The van der Waals surface area contributed by atoms with E-state index < -0.39 is 10.0 Å². The minimum Gasteiger partial charge on any atom is -0.369 e. The summed E-state index contributed by atoms with van der Waals surface area (Å²) in [6.07, 6.45) is 6.34. The van der Waals surface area contributed by atoms with Crippen molar-refractivity contribution in [2.45, 2.75) is 43.5 Å². The fourth-order valence-electron chi connectivity index (χ4n) is 4.04. The Bertz CT molecular complexity index is 849. The van der Waals surface area contributed by atoms with Gasteiger partial charge >= 0.3 is 0 Å². The zero-order valence-electron chi connectivity index (χ0n) is 15.2. The molecule has 2 fully saturated rings. The Balaban J connectivity index is 1.49. The highest BCUT2D eigenvalue weighted by atomic mass is 32.2. The summed E-state index contributed by atoms with van der Waals surface area (Å²) in [7, 11) is -3.48. The van der Waals surface area contributed by atoms with Crippen LogP contribution in [0.25, 0.3) is 0 Å². The summed E-state index contributed by atoms with van der Waals surface area (Å²) in [5.41, 5.74) is 1.76. The summed E-state index contributed by atoms with van der Waals surface area (Å²) in [6.45, 7) is 4.23. The molecule has 1 aromatic carbocycles. The van der Waals surface area contributed by atoms with Crippen LogP contribution in [-0.4, -0.2) is 48.7 Å². The molecule has 0 unspecified atom stereocenters. The zero-order valence-corrected chi connectivity index (χ0v) is 16.0. The molecule has 0 N–H and O–H groups in total. The SMILES string of the molecule is Cc1nn(C2CCCC2)cc1S(=O)(=O)N1CCN(c2ccccc2)CC1. The number of hydrogen-bond acceptors (Lipinski definition) is 4. The second-order valence-electron chi connectivity index (χ2n) is 7.22. The topological polar surface area (TPSA) is 58.4 Å². The molecule has 2 aromatic rings. The highest BCUT2D eigenvalue weighted by Crippen LogP contribution is 2.31.